The summed E-state index contributed by atoms with van der Waals surface area (Å²) in [4.78, 5) is 21.5. The van der Waals surface area contributed by atoms with Gasteiger partial charge in [0.2, 0.25) is 5.88 Å². The Hall–Kier alpha value is -1.91. The number of pyridine rings is 1. The molecule has 5 nitrogen and oxygen atoms in total. The van der Waals surface area contributed by atoms with E-state index in [0.717, 1.165) is 43.4 Å². The summed E-state index contributed by atoms with van der Waals surface area (Å²) in [7, 11) is 0. The number of ether oxygens (including phenoxy) is 1. The first-order valence-electron chi connectivity index (χ1n) is 9.87. The third-order valence-electron chi connectivity index (χ3n) is 4.47. The molecule has 0 bridgehead atoms. The van der Waals surface area contributed by atoms with Crippen LogP contribution in [0.15, 0.2) is 17.1 Å². The number of carbonyl (C=O) groups excluding carboxylic acids is 1. The molecule has 1 aromatic heterocycles. The molecule has 1 aliphatic carbocycles. The van der Waals surface area contributed by atoms with Gasteiger partial charge in [0, 0.05) is 23.5 Å². The lowest BCUT2D eigenvalue weighted by atomic mass is 9.92. The number of nitrogens with zero attached hydrogens (tertiary/aromatic N) is 2. The van der Waals surface area contributed by atoms with Crippen molar-refractivity contribution < 1.29 is 9.53 Å². The molecule has 1 atom stereocenters. The number of nitrogens with two attached hydrogens (primary N) is 1. The third kappa shape index (κ3) is 5.82. The van der Waals surface area contributed by atoms with Gasteiger partial charge in [0.25, 0.3) is 5.91 Å². The van der Waals surface area contributed by atoms with Gasteiger partial charge in [0.1, 0.15) is 5.84 Å². The molecular formula is C21H33N3O2. The maximum atomic E-state index is 12.6. The lowest BCUT2D eigenvalue weighted by molar-refractivity contribution is -0.122. The molecule has 26 heavy (non-hydrogen) atoms. The van der Waals surface area contributed by atoms with Crippen molar-refractivity contribution in [1.29, 1.82) is 0 Å². The Kier molecular flexibility index (Phi) is 7.18. The second-order valence-corrected chi connectivity index (χ2v) is 7.97. The van der Waals surface area contributed by atoms with Gasteiger partial charge in [-0.2, -0.15) is 4.99 Å². The number of rotatable bonds is 9. The van der Waals surface area contributed by atoms with E-state index in [-0.39, 0.29) is 23.8 Å². The summed E-state index contributed by atoms with van der Waals surface area (Å²) >= 11 is 0. The number of hydrogen-bond donors (Lipinski definition) is 1. The molecule has 1 amide bonds. The van der Waals surface area contributed by atoms with E-state index in [9.17, 15) is 4.79 Å². The summed E-state index contributed by atoms with van der Waals surface area (Å²) in [6, 6.07) is 3.70. The summed E-state index contributed by atoms with van der Waals surface area (Å²) in [5, 5.41) is 0. The van der Waals surface area contributed by atoms with E-state index in [4.69, 9.17) is 10.5 Å². The summed E-state index contributed by atoms with van der Waals surface area (Å²) in [5.41, 5.74) is 7.91. The fourth-order valence-electron chi connectivity index (χ4n) is 3.18. The van der Waals surface area contributed by atoms with Crippen molar-refractivity contribution in [2.24, 2.45) is 22.6 Å². The largest absolute Gasteiger partial charge is 0.475 e. The van der Waals surface area contributed by atoms with Gasteiger partial charge in [-0.25, -0.2) is 4.98 Å². The number of amidine groups is 1. The van der Waals surface area contributed by atoms with Crippen LogP contribution < -0.4 is 10.5 Å². The van der Waals surface area contributed by atoms with E-state index in [1.165, 1.54) is 0 Å². The average molecular weight is 360 g/mol. The van der Waals surface area contributed by atoms with Crippen LogP contribution in [0.3, 0.4) is 0 Å². The molecule has 0 aromatic carbocycles. The minimum atomic E-state index is -0.109. The zero-order valence-electron chi connectivity index (χ0n) is 16.8. The maximum absolute atomic E-state index is 12.6. The standard InChI is InChI=1S/C21H33N3O2/c1-6-7-16(12-13(2)3)21(25)24-20(22)17-10-11-18(26-14(4)5)23-19(17)15-8-9-15/h10-11,13-16H,6-9,12H2,1-5H3,(H2,22,24,25). The number of hydrogen-bond acceptors (Lipinski definition) is 3. The Labute approximate surface area is 157 Å². The Morgan fingerprint density at radius 1 is 1.31 bits per heavy atom. The van der Waals surface area contributed by atoms with Crippen molar-refractivity contribution in [3.05, 3.63) is 23.4 Å². The molecule has 1 saturated carbocycles. The lowest BCUT2D eigenvalue weighted by Crippen LogP contribution is -2.22. The van der Waals surface area contributed by atoms with Crippen LogP contribution >= 0.6 is 0 Å². The van der Waals surface area contributed by atoms with Gasteiger partial charge in [-0.05, 0) is 51.5 Å². The average Bonchev–Trinajstić information content (AvgIpc) is 3.38. The Morgan fingerprint density at radius 3 is 2.54 bits per heavy atom. The highest BCUT2D eigenvalue weighted by Crippen LogP contribution is 2.41. The highest BCUT2D eigenvalue weighted by Gasteiger charge is 2.30. The molecule has 2 rings (SSSR count). The maximum Gasteiger partial charge on any atom is 0.250 e. The van der Waals surface area contributed by atoms with Crippen LogP contribution in [0, 0.1) is 11.8 Å². The molecule has 0 spiro atoms. The molecule has 1 unspecified atom stereocenters. The van der Waals surface area contributed by atoms with E-state index < -0.39 is 0 Å². The van der Waals surface area contributed by atoms with Crippen LogP contribution in [0.1, 0.15) is 83.9 Å². The van der Waals surface area contributed by atoms with E-state index in [1.54, 1.807) is 0 Å². The smallest absolute Gasteiger partial charge is 0.250 e. The first-order chi connectivity index (χ1) is 12.3. The molecular weight excluding hydrogens is 326 g/mol. The lowest BCUT2D eigenvalue weighted by Gasteiger charge is -2.16. The first-order valence-corrected chi connectivity index (χ1v) is 9.87. The second-order valence-electron chi connectivity index (χ2n) is 7.97. The Balaban J connectivity index is 2.25. The number of amides is 1. The normalized spacial score (nSPS) is 16.2. The van der Waals surface area contributed by atoms with Crippen LogP contribution in [-0.4, -0.2) is 22.8 Å². The third-order valence-corrected chi connectivity index (χ3v) is 4.47. The minimum Gasteiger partial charge on any atom is -0.475 e. The van der Waals surface area contributed by atoms with Crippen LogP contribution in [0.5, 0.6) is 5.88 Å². The number of aliphatic imine (C=N–C) groups is 1. The summed E-state index contributed by atoms with van der Waals surface area (Å²) in [5.74, 6) is 1.58. The molecule has 1 fully saturated rings. The molecule has 2 N–H and O–H groups in total. The second kappa shape index (κ2) is 9.15. The van der Waals surface area contributed by atoms with Gasteiger partial charge in [-0.3, -0.25) is 4.79 Å². The molecule has 1 heterocycles. The van der Waals surface area contributed by atoms with E-state index in [2.05, 4.69) is 30.7 Å². The van der Waals surface area contributed by atoms with Crippen molar-refractivity contribution >= 4 is 11.7 Å². The quantitative estimate of drug-likeness (QED) is 0.522. The fourth-order valence-corrected chi connectivity index (χ4v) is 3.18. The zero-order chi connectivity index (χ0) is 19.3. The van der Waals surface area contributed by atoms with Crippen molar-refractivity contribution in [3.8, 4) is 5.88 Å². The predicted molar refractivity (Wildman–Crippen MR) is 106 cm³/mol. The van der Waals surface area contributed by atoms with E-state index >= 15 is 0 Å². The molecule has 5 heteroatoms. The van der Waals surface area contributed by atoms with Crippen molar-refractivity contribution in [2.45, 2.75) is 78.7 Å². The molecule has 1 aromatic rings. The zero-order valence-corrected chi connectivity index (χ0v) is 16.8. The van der Waals surface area contributed by atoms with Crippen LogP contribution in [0.25, 0.3) is 0 Å². The Bertz CT molecular complexity index is 649. The van der Waals surface area contributed by atoms with E-state index in [0.29, 0.717) is 17.7 Å². The molecule has 0 radical (unpaired) electrons. The van der Waals surface area contributed by atoms with Crippen molar-refractivity contribution in [1.82, 2.24) is 4.98 Å². The van der Waals surface area contributed by atoms with E-state index in [1.807, 2.05) is 26.0 Å². The van der Waals surface area contributed by atoms with Gasteiger partial charge in [0.15, 0.2) is 0 Å². The van der Waals surface area contributed by atoms with Crippen LogP contribution in [0.2, 0.25) is 0 Å². The first kappa shape index (κ1) is 20.4. The van der Waals surface area contributed by atoms with Crippen LogP contribution in [-0.2, 0) is 4.79 Å². The van der Waals surface area contributed by atoms with Gasteiger partial charge < -0.3 is 10.5 Å². The number of carbonyl (C=O) groups is 1. The van der Waals surface area contributed by atoms with Crippen molar-refractivity contribution in [2.75, 3.05) is 0 Å². The molecule has 1 aliphatic rings. The molecule has 0 saturated heterocycles. The Morgan fingerprint density at radius 2 is 2.00 bits per heavy atom. The predicted octanol–water partition coefficient (Wildman–Crippen LogP) is 4.44. The SMILES string of the molecule is CCCC(CC(C)C)C(=O)N=C(N)c1ccc(OC(C)C)nc1C1CC1. The summed E-state index contributed by atoms with van der Waals surface area (Å²) in [6.07, 6.45) is 4.92. The van der Waals surface area contributed by atoms with Gasteiger partial charge >= 0.3 is 0 Å². The topological polar surface area (TPSA) is 77.6 Å². The summed E-state index contributed by atoms with van der Waals surface area (Å²) < 4.78 is 5.70. The molecule has 0 aliphatic heterocycles. The van der Waals surface area contributed by atoms with Crippen LogP contribution in [0.4, 0.5) is 0 Å². The van der Waals surface area contributed by atoms with Gasteiger partial charge in [-0.15, -0.1) is 0 Å². The van der Waals surface area contributed by atoms with Gasteiger partial charge in [-0.1, -0.05) is 27.2 Å². The molecule has 144 valence electrons. The van der Waals surface area contributed by atoms with Crippen molar-refractivity contribution in [3.63, 3.8) is 0 Å². The minimum absolute atomic E-state index is 0.0561. The number of aromatic nitrogens is 1. The van der Waals surface area contributed by atoms with Gasteiger partial charge in [0.05, 0.1) is 11.8 Å². The highest BCUT2D eigenvalue weighted by atomic mass is 16.5. The fraction of sp³-hybridized carbons (Fsp3) is 0.667. The summed E-state index contributed by atoms with van der Waals surface area (Å²) in [6.45, 7) is 10.3. The highest BCUT2D eigenvalue weighted by molar-refractivity contribution is 6.05. The monoisotopic (exact) mass is 359 g/mol.